The molecule has 0 radical (unpaired) electrons. The molecule has 0 saturated heterocycles. The van der Waals surface area contributed by atoms with E-state index in [0.717, 1.165) is 31.0 Å². The second-order valence-electron chi connectivity index (χ2n) is 5.72. The molecular weight excluding hydrogens is 278 g/mol. The number of nitrogens with one attached hydrogen (secondary N) is 1. The molecule has 0 saturated carbocycles. The Morgan fingerprint density at radius 3 is 2.75 bits per heavy atom. The summed E-state index contributed by atoms with van der Waals surface area (Å²) in [5.41, 5.74) is 5.64. The molecule has 1 amide bonds. The fraction of sp³-hybridized carbons (Fsp3) is 0.769. The first kappa shape index (κ1) is 16.9. The van der Waals surface area contributed by atoms with Crippen LogP contribution in [-0.2, 0) is 17.8 Å². The smallest absolute Gasteiger partial charge is 0.221 e. The van der Waals surface area contributed by atoms with Crippen LogP contribution in [0.4, 0.5) is 0 Å². The number of carbonyl (C=O) groups excluding carboxylic acids is 1. The number of hydrogen-bond acceptors (Lipinski definition) is 4. The summed E-state index contributed by atoms with van der Waals surface area (Å²) in [7, 11) is 0. The summed E-state index contributed by atoms with van der Waals surface area (Å²) in [4.78, 5) is 11.8. The number of halogens is 1. The summed E-state index contributed by atoms with van der Waals surface area (Å²) >= 11 is 0. The van der Waals surface area contributed by atoms with Gasteiger partial charge >= 0.3 is 0 Å². The zero-order valence-corrected chi connectivity index (χ0v) is 13.1. The first-order chi connectivity index (χ1) is 8.97. The van der Waals surface area contributed by atoms with Crippen molar-refractivity contribution in [3.05, 3.63) is 11.6 Å². The van der Waals surface area contributed by atoms with Gasteiger partial charge in [0.2, 0.25) is 5.91 Å². The van der Waals surface area contributed by atoms with Crippen molar-refractivity contribution in [1.82, 2.24) is 20.1 Å². The molecule has 1 aliphatic rings. The lowest BCUT2D eigenvalue weighted by atomic mass is 10.1. The number of nitrogens with two attached hydrogens (primary N) is 1. The lowest BCUT2D eigenvalue weighted by Gasteiger charge is -2.26. The predicted octanol–water partition coefficient (Wildman–Crippen LogP) is 0.992. The van der Waals surface area contributed by atoms with E-state index in [0.29, 0.717) is 12.3 Å². The van der Waals surface area contributed by atoms with Crippen LogP contribution in [0.25, 0.3) is 0 Å². The summed E-state index contributed by atoms with van der Waals surface area (Å²) in [6.07, 6.45) is 2.16. The van der Waals surface area contributed by atoms with E-state index in [4.69, 9.17) is 5.73 Å². The van der Waals surface area contributed by atoms with Crippen molar-refractivity contribution in [3.63, 3.8) is 0 Å². The first-order valence-corrected chi connectivity index (χ1v) is 6.94. The maximum Gasteiger partial charge on any atom is 0.221 e. The van der Waals surface area contributed by atoms with Gasteiger partial charge < -0.3 is 15.6 Å². The highest BCUT2D eigenvalue weighted by atomic mass is 35.5. The number of fused-ring (bicyclic) bond motifs is 1. The standard InChI is InChI=1S/C13H23N5O.ClH/c1-8(2)13-17-16-11-5-4-10(7-18(11)13)15-12(19)6-9(3)14;/h8-10H,4-7,14H2,1-3H3,(H,15,19);1H. The number of rotatable bonds is 4. The Labute approximate surface area is 125 Å². The van der Waals surface area contributed by atoms with Crippen LogP contribution < -0.4 is 11.1 Å². The van der Waals surface area contributed by atoms with Crippen molar-refractivity contribution in [2.75, 3.05) is 0 Å². The van der Waals surface area contributed by atoms with Crippen LogP contribution in [0.2, 0.25) is 0 Å². The van der Waals surface area contributed by atoms with Crippen LogP contribution in [0, 0.1) is 0 Å². The van der Waals surface area contributed by atoms with Gasteiger partial charge in [-0.25, -0.2) is 0 Å². The molecule has 0 spiro atoms. The molecule has 2 heterocycles. The molecule has 0 aliphatic carbocycles. The van der Waals surface area contributed by atoms with Gasteiger partial charge in [0, 0.05) is 37.4 Å². The van der Waals surface area contributed by atoms with E-state index in [2.05, 4.69) is 33.9 Å². The molecule has 1 aromatic rings. The molecule has 1 aliphatic heterocycles. The summed E-state index contributed by atoms with van der Waals surface area (Å²) in [6, 6.07) is 0.0625. The van der Waals surface area contributed by atoms with Gasteiger partial charge in [-0.1, -0.05) is 13.8 Å². The van der Waals surface area contributed by atoms with Gasteiger partial charge in [-0.15, -0.1) is 22.6 Å². The molecule has 20 heavy (non-hydrogen) atoms. The molecule has 3 N–H and O–H groups in total. The lowest BCUT2D eigenvalue weighted by Crippen LogP contribution is -2.42. The van der Waals surface area contributed by atoms with E-state index in [9.17, 15) is 4.79 Å². The Morgan fingerprint density at radius 2 is 2.15 bits per heavy atom. The van der Waals surface area contributed by atoms with Gasteiger partial charge in [0.05, 0.1) is 0 Å². The van der Waals surface area contributed by atoms with E-state index in [-0.39, 0.29) is 30.4 Å². The van der Waals surface area contributed by atoms with Crippen LogP contribution in [-0.4, -0.2) is 32.8 Å². The number of hydrogen-bond donors (Lipinski definition) is 2. The molecule has 0 bridgehead atoms. The lowest BCUT2D eigenvalue weighted by molar-refractivity contribution is -0.122. The minimum atomic E-state index is -0.0970. The van der Waals surface area contributed by atoms with Gasteiger partial charge in [-0.2, -0.15) is 0 Å². The van der Waals surface area contributed by atoms with E-state index >= 15 is 0 Å². The fourth-order valence-corrected chi connectivity index (χ4v) is 2.47. The van der Waals surface area contributed by atoms with Gasteiger partial charge in [0.15, 0.2) is 0 Å². The summed E-state index contributed by atoms with van der Waals surface area (Å²) in [6.45, 7) is 6.82. The topological polar surface area (TPSA) is 85.8 Å². The highest BCUT2D eigenvalue weighted by Gasteiger charge is 2.24. The highest BCUT2D eigenvalue weighted by molar-refractivity contribution is 5.85. The van der Waals surface area contributed by atoms with Crippen LogP contribution in [0.3, 0.4) is 0 Å². The summed E-state index contributed by atoms with van der Waals surface area (Å²) in [5.74, 6) is 2.41. The van der Waals surface area contributed by atoms with Crippen molar-refractivity contribution in [1.29, 1.82) is 0 Å². The van der Waals surface area contributed by atoms with Gasteiger partial charge in [-0.3, -0.25) is 4.79 Å². The van der Waals surface area contributed by atoms with Gasteiger partial charge in [0.1, 0.15) is 11.6 Å². The molecule has 1 aromatic heterocycles. The number of nitrogens with zero attached hydrogens (tertiary/aromatic N) is 3. The average Bonchev–Trinajstić information content (AvgIpc) is 2.70. The monoisotopic (exact) mass is 301 g/mol. The molecular formula is C13H24ClN5O. The number of carbonyl (C=O) groups is 1. The third kappa shape index (κ3) is 3.93. The fourth-order valence-electron chi connectivity index (χ4n) is 2.47. The molecule has 7 heteroatoms. The number of amides is 1. The Kier molecular flexibility index (Phi) is 5.95. The van der Waals surface area contributed by atoms with Crippen molar-refractivity contribution in [3.8, 4) is 0 Å². The molecule has 2 unspecified atom stereocenters. The van der Waals surface area contributed by atoms with E-state index in [1.54, 1.807) is 0 Å². The Balaban J connectivity index is 0.00000200. The Bertz CT molecular complexity index is 458. The van der Waals surface area contributed by atoms with Crippen LogP contribution >= 0.6 is 12.4 Å². The minimum absolute atomic E-state index is 0. The highest BCUT2D eigenvalue weighted by Crippen LogP contribution is 2.20. The average molecular weight is 302 g/mol. The quantitative estimate of drug-likeness (QED) is 0.868. The van der Waals surface area contributed by atoms with Crippen molar-refractivity contribution in [2.45, 2.75) is 64.6 Å². The number of aromatic nitrogens is 3. The Hall–Kier alpha value is -1.14. The van der Waals surface area contributed by atoms with Gasteiger partial charge in [0.25, 0.3) is 0 Å². The molecule has 2 atom stereocenters. The summed E-state index contributed by atoms with van der Waals surface area (Å²) in [5, 5.41) is 11.5. The Morgan fingerprint density at radius 1 is 1.45 bits per heavy atom. The third-order valence-electron chi connectivity index (χ3n) is 3.36. The largest absolute Gasteiger partial charge is 0.352 e. The maximum absolute atomic E-state index is 11.8. The van der Waals surface area contributed by atoms with Crippen LogP contribution in [0.15, 0.2) is 0 Å². The zero-order valence-electron chi connectivity index (χ0n) is 12.3. The summed E-state index contributed by atoms with van der Waals surface area (Å²) < 4.78 is 2.14. The minimum Gasteiger partial charge on any atom is -0.352 e. The molecule has 0 aromatic carbocycles. The normalized spacial score (nSPS) is 19.1. The third-order valence-corrected chi connectivity index (χ3v) is 3.36. The molecule has 0 fully saturated rings. The molecule has 114 valence electrons. The molecule has 2 rings (SSSR count). The van der Waals surface area contributed by atoms with E-state index < -0.39 is 0 Å². The predicted molar refractivity (Wildman–Crippen MR) is 79.9 cm³/mol. The van der Waals surface area contributed by atoms with Crippen LogP contribution in [0.5, 0.6) is 0 Å². The van der Waals surface area contributed by atoms with Crippen LogP contribution in [0.1, 0.15) is 51.2 Å². The second-order valence-corrected chi connectivity index (χ2v) is 5.72. The van der Waals surface area contributed by atoms with E-state index in [1.807, 2.05) is 6.92 Å². The molecule has 6 nitrogen and oxygen atoms in total. The zero-order chi connectivity index (χ0) is 14.0. The van der Waals surface area contributed by atoms with Gasteiger partial charge in [-0.05, 0) is 13.3 Å². The second kappa shape index (κ2) is 7.04. The van der Waals surface area contributed by atoms with Crippen molar-refractivity contribution >= 4 is 18.3 Å². The SMILES string of the molecule is CC(N)CC(=O)NC1CCc2nnc(C(C)C)n2C1.Cl. The number of aryl methyl sites for hydroxylation is 1. The first-order valence-electron chi connectivity index (χ1n) is 6.94. The van der Waals surface area contributed by atoms with E-state index in [1.165, 1.54) is 0 Å². The van der Waals surface area contributed by atoms with Crippen molar-refractivity contribution in [2.24, 2.45) is 5.73 Å². The van der Waals surface area contributed by atoms with Crippen molar-refractivity contribution < 1.29 is 4.79 Å². The maximum atomic E-state index is 11.8.